The molecule has 1 aliphatic heterocycles. The summed E-state index contributed by atoms with van der Waals surface area (Å²) >= 11 is 0. The number of carbonyl (C=O) groups is 1. The summed E-state index contributed by atoms with van der Waals surface area (Å²) in [6, 6.07) is 10.3. The molecule has 1 aromatic rings. The lowest BCUT2D eigenvalue weighted by Crippen LogP contribution is -2.56. The molecule has 0 aromatic heterocycles. The fourth-order valence-electron chi connectivity index (χ4n) is 2.15. The molecule has 4 heteroatoms. The summed E-state index contributed by atoms with van der Waals surface area (Å²) in [5, 5.41) is 5.92. The molecule has 0 spiro atoms. The van der Waals surface area contributed by atoms with Crippen LogP contribution in [0.25, 0.3) is 0 Å². The standard InChI is InChI=1S/C13H19N3O/c1-14-13(17)12-10-16(8-7-15-12)9-11-5-3-2-4-6-11/h2-6,12,15H,7-10H2,1H3,(H,14,17). The predicted octanol–water partition coefficient (Wildman–Crippen LogP) is 0.206. The molecule has 1 unspecified atom stereocenters. The van der Waals surface area contributed by atoms with Crippen LogP contribution in [0.2, 0.25) is 0 Å². The second kappa shape index (κ2) is 5.80. The number of nitrogens with one attached hydrogen (secondary N) is 2. The first-order valence-electron chi connectivity index (χ1n) is 6.01. The Kier molecular flexibility index (Phi) is 4.12. The maximum atomic E-state index is 11.6. The van der Waals surface area contributed by atoms with Crippen LogP contribution >= 0.6 is 0 Å². The molecule has 1 heterocycles. The minimum Gasteiger partial charge on any atom is -0.358 e. The van der Waals surface area contributed by atoms with Gasteiger partial charge >= 0.3 is 0 Å². The van der Waals surface area contributed by atoms with Crippen molar-refractivity contribution in [1.29, 1.82) is 0 Å². The van der Waals surface area contributed by atoms with Gasteiger partial charge in [-0.15, -0.1) is 0 Å². The number of carbonyl (C=O) groups excluding carboxylic acids is 1. The van der Waals surface area contributed by atoms with E-state index >= 15 is 0 Å². The third-order valence-corrected chi connectivity index (χ3v) is 3.07. The fourth-order valence-corrected chi connectivity index (χ4v) is 2.15. The lowest BCUT2D eigenvalue weighted by molar-refractivity contribution is -0.123. The number of benzene rings is 1. The summed E-state index contributed by atoms with van der Waals surface area (Å²) in [6.45, 7) is 3.54. The van der Waals surface area contributed by atoms with Crippen LogP contribution in [-0.2, 0) is 11.3 Å². The highest BCUT2D eigenvalue weighted by atomic mass is 16.2. The first kappa shape index (κ1) is 12.1. The molecule has 1 fully saturated rings. The first-order chi connectivity index (χ1) is 8.29. The molecule has 2 N–H and O–H groups in total. The van der Waals surface area contributed by atoms with E-state index < -0.39 is 0 Å². The Balaban J connectivity index is 1.92. The summed E-state index contributed by atoms with van der Waals surface area (Å²) in [4.78, 5) is 13.9. The third-order valence-electron chi connectivity index (χ3n) is 3.07. The maximum Gasteiger partial charge on any atom is 0.238 e. The van der Waals surface area contributed by atoms with E-state index in [1.165, 1.54) is 5.56 Å². The van der Waals surface area contributed by atoms with Gasteiger partial charge in [0.15, 0.2) is 0 Å². The molecule has 0 aliphatic carbocycles. The van der Waals surface area contributed by atoms with Crippen LogP contribution in [0, 0.1) is 0 Å². The Bertz CT molecular complexity index is 366. The van der Waals surface area contributed by atoms with Crippen molar-refractivity contribution in [3.05, 3.63) is 35.9 Å². The van der Waals surface area contributed by atoms with Gasteiger partial charge in [0.2, 0.25) is 5.91 Å². The first-order valence-corrected chi connectivity index (χ1v) is 6.01. The minimum atomic E-state index is -0.0857. The lowest BCUT2D eigenvalue weighted by Gasteiger charge is -2.32. The van der Waals surface area contributed by atoms with Crippen molar-refractivity contribution in [3.8, 4) is 0 Å². The second-order valence-electron chi connectivity index (χ2n) is 4.34. The van der Waals surface area contributed by atoms with Gasteiger partial charge < -0.3 is 10.6 Å². The van der Waals surface area contributed by atoms with E-state index in [9.17, 15) is 4.79 Å². The Morgan fingerprint density at radius 1 is 1.47 bits per heavy atom. The number of likely N-dealkylation sites (N-methyl/N-ethyl adjacent to an activating group) is 1. The van der Waals surface area contributed by atoms with E-state index in [1.54, 1.807) is 7.05 Å². The van der Waals surface area contributed by atoms with Gasteiger partial charge in [-0.25, -0.2) is 0 Å². The van der Waals surface area contributed by atoms with Gasteiger partial charge in [-0.1, -0.05) is 30.3 Å². The number of rotatable bonds is 3. The van der Waals surface area contributed by atoms with E-state index in [0.717, 1.165) is 26.2 Å². The zero-order valence-corrected chi connectivity index (χ0v) is 10.1. The van der Waals surface area contributed by atoms with Crippen molar-refractivity contribution in [2.45, 2.75) is 12.6 Å². The van der Waals surface area contributed by atoms with Crippen molar-refractivity contribution in [1.82, 2.24) is 15.5 Å². The number of nitrogens with zero attached hydrogens (tertiary/aromatic N) is 1. The molecule has 0 bridgehead atoms. The number of hydrogen-bond donors (Lipinski definition) is 2. The van der Waals surface area contributed by atoms with Crippen molar-refractivity contribution >= 4 is 5.91 Å². The maximum absolute atomic E-state index is 11.6. The molecule has 1 saturated heterocycles. The molecule has 17 heavy (non-hydrogen) atoms. The zero-order valence-electron chi connectivity index (χ0n) is 10.1. The summed E-state index contributed by atoms with van der Waals surface area (Å²) in [5.74, 6) is 0.0720. The van der Waals surface area contributed by atoms with Gasteiger partial charge in [0.05, 0.1) is 6.04 Å². The lowest BCUT2D eigenvalue weighted by atomic mass is 10.1. The molecule has 92 valence electrons. The number of hydrogen-bond acceptors (Lipinski definition) is 3. The highest BCUT2D eigenvalue weighted by Crippen LogP contribution is 2.07. The van der Waals surface area contributed by atoms with Gasteiger partial charge in [0.25, 0.3) is 0 Å². The van der Waals surface area contributed by atoms with Crippen LogP contribution < -0.4 is 10.6 Å². The largest absolute Gasteiger partial charge is 0.358 e. The molecular formula is C13H19N3O. The second-order valence-corrected chi connectivity index (χ2v) is 4.34. The smallest absolute Gasteiger partial charge is 0.238 e. The van der Waals surface area contributed by atoms with E-state index in [-0.39, 0.29) is 11.9 Å². The van der Waals surface area contributed by atoms with Gasteiger partial charge in [0, 0.05) is 33.2 Å². The van der Waals surface area contributed by atoms with Crippen LogP contribution in [0.1, 0.15) is 5.56 Å². The van der Waals surface area contributed by atoms with Crippen molar-refractivity contribution < 1.29 is 4.79 Å². The van der Waals surface area contributed by atoms with Crippen molar-refractivity contribution in [2.75, 3.05) is 26.7 Å². The quantitative estimate of drug-likeness (QED) is 0.784. The van der Waals surface area contributed by atoms with Gasteiger partial charge in [0.1, 0.15) is 0 Å². The van der Waals surface area contributed by atoms with E-state index in [4.69, 9.17) is 0 Å². The summed E-state index contributed by atoms with van der Waals surface area (Å²) in [7, 11) is 1.68. The molecule has 1 aromatic carbocycles. The predicted molar refractivity (Wildman–Crippen MR) is 67.6 cm³/mol. The van der Waals surface area contributed by atoms with Gasteiger partial charge in [-0.05, 0) is 5.56 Å². The molecule has 1 aliphatic rings. The fraction of sp³-hybridized carbons (Fsp3) is 0.462. The van der Waals surface area contributed by atoms with E-state index in [0.29, 0.717) is 0 Å². The number of amides is 1. The van der Waals surface area contributed by atoms with Crippen molar-refractivity contribution in [2.24, 2.45) is 0 Å². The topological polar surface area (TPSA) is 44.4 Å². The Labute approximate surface area is 102 Å². The zero-order chi connectivity index (χ0) is 12.1. The van der Waals surface area contributed by atoms with Gasteiger partial charge in [-0.2, -0.15) is 0 Å². The van der Waals surface area contributed by atoms with Crippen LogP contribution in [0.4, 0.5) is 0 Å². The molecule has 1 amide bonds. The van der Waals surface area contributed by atoms with Crippen LogP contribution in [0.15, 0.2) is 30.3 Å². The summed E-state index contributed by atoms with van der Waals surface area (Å²) < 4.78 is 0. The molecular weight excluding hydrogens is 214 g/mol. The molecule has 2 rings (SSSR count). The molecule has 4 nitrogen and oxygen atoms in total. The Morgan fingerprint density at radius 3 is 2.94 bits per heavy atom. The average molecular weight is 233 g/mol. The van der Waals surface area contributed by atoms with Crippen LogP contribution in [-0.4, -0.2) is 43.5 Å². The highest BCUT2D eigenvalue weighted by molar-refractivity contribution is 5.81. The van der Waals surface area contributed by atoms with Crippen molar-refractivity contribution in [3.63, 3.8) is 0 Å². The Hall–Kier alpha value is -1.39. The monoisotopic (exact) mass is 233 g/mol. The molecule has 1 atom stereocenters. The highest BCUT2D eigenvalue weighted by Gasteiger charge is 2.24. The van der Waals surface area contributed by atoms with E-state index in [2.05, 4.69) is 27.7 Å². The van der Waals surface area contributed by atoms with Crippen LogP contribution in [0.5, 0.6) is 0 Å². The van der Waals surface area contributed by atoms with Crippen LogP contribution in [0.3, 0.4) is 0 Å². The Morgan fingerprint density at radius 2 is 2.24 bits per heavy atom. The number of piperazine rings is 1. The SMILES string of the molecule is CNC(=O)C1CN(Cc2ccccc2)CCN1. The average Bonchev–Trinajstić information content (AvgIpc) is 2.39. The molecule has 0 saturated carbocycles. The summed E-state index contributed by atoms with van der Waals surface area (Å²) in [5.41, 5.74) is 1.30. The normalized spacial score (nSPS) is 21.1. The minimum absolute atomic E-state index is 0.0720. The van der Waals surface area contributed by atoms with E-state index in [1.807, 2.05) is 18.2 Å². The summed E-state index contributed by atoms with van der Waals surface area (Å²) in [6.07, 6.45) is 0. The van der Waals surface area contributed by atoms with Gasteiger partial charge in [-0.3, -0.25) is 9.69 Å². The molecule has 0 radical (unpaired) electrons. The third kappa shape index (κ3) is 3.28.